The van der Waals surface area contributed by atoms with Crippen LogP contribution in [0.15, 0.2) is 30.3 Å². The van der Waals surface area contributed by atoms with Crippen molar-refractivity contribution in [1.82, 2.24) is 4.90 Å². The fourth-order valence-corrected chi connectivity index (χ4v) is 2.60. The molecule has 0 unspecified atom stereocenters. The summed E-state index contributed by atoms with van der Waals surface area (Å²) in [6, 6.07) is 7.40. The van der Waals surface area contributed by atoms with Gasteiger partial charge in [0.15, 0.2) is 23.3 Å². The van der Waals surface area contributed by atoms with Gasteiger partial charge in [-0.25, -0.2) is 17.6 Å². The fourth-order valence-electron chi connectivity index (χ4n) is 2.60. The van der Waals surface area contributed by atoms with E-state index < -0.39 is 52.3 Å². The van der Waals surface area contributed by atoms with Gasteiger partial charge in [0.25, 0.3) is 11.8 Å². The summed E-state index contributed by atoms with van der Waals surface area (Å²) in [5.41, 5.74) is -1.62. The lowest BCUT2D eigenvalue weighted by atomic mass is 10.1. The van der Waals surface area contributed by atoms with Crippen LogP contribution in [0.1, 0.15) is 39.2 Å². The number of imide groups is 1. The number of amides is 2. The molecule has 0 fully saturated rings. The van der Waals surface area contributed by atoms with Gasteiger partial charge in [0.2, 0.25) is 0 Å². The third kappa shape index (κ3) is 2.03. The van der Waals surface area contributed by atoms with E-state index in [1.54, 1.807) is 30.3 Å². The minimum atomic E-state index is -2.11. The van der Waals surface area contributed by atoms with E-state index in [0.29, 0.717) is 10.5 Å². The number of carbonyl (C=O) groups is 2. The molecule has 0 aliphatic carbocycles. The van der Waals surface area contributed by atoms with Crippen molar-refractivity contribution >= 4 is 11.8 Å². The molecule has 23 heavy (non-hydrogen) atoms. The van der Waals surface area contributed by atoms with E-state index in [9.17, 15) is 27.2 Å². The monoisotopic (exact) mass is 323 g/mol. The Balaban J connectivity index is 2.15. The van der Waals surface area contributed by atoms with Crippen molar-refractivity contribution in [2.75, 3.05) is 0 Å². The summed E-state index contributed by atoms with van der Waals surface area (Å²) < 4.78 is 54.3. The lowest BCUT2D eigenvalue weighted by molar-refractivity contribution is 0.0592. The minimum Gasteiger partial charge on any atom is -0.268 e. The van der Waals surface area contributed by atoms with E-state index in [1.165, 1.54) is 6.92 Å². The second-order valence-electron chi connectivity index (χ2n) is 5.07. The molecule has 0 bridgehead atoms. The smallest absolute Gasteiger partial charge is 0.265 e. The Kier molecular flexibility index (Phi) is 3.43. The van der Waals surface area contributed by atoms with Gasteiger partial charge >= 0.3 is 0 Å². The summed E-state index contributed by atoms with van der Waals surface area (Å²) in [5.74, 6) is -10.3. The molecule has 1 aliphatic heterocycles. The molecule has 1 atom stereocenters. The first kappa shape index (κ1) is 15.2. The molecule has 118 valence electrons. The van der Waals surface area contributed by atoms with Crippen molar-refractivity contribution in [2.45, 2.75) is 13.0 Å². The number of carbonyl (C=O) groups excluding carboxylic acids is 2. The number of benzene rings is 2. The average molecular weight is 323 g/mol. The van der Waals surface area contributed by atoms with E-state index in [-0.39, 0.29) is 0 Å². The second-order valence-corrected chi connectivity index (χ2v) is 5.07. The molecule has 1 aliphatic rings. The normalized spacial score (nSPS) is 15.1. The molecule has 2 amide bonds. The number of fused-ring (bicyclic) bond motifs is 1. The molecule has 7 heteroatoms. The van der Waals surface area contributed by atoms with E-state index in [1.807, 2.05) is 0 Å². The van der Waals surface area contributed by atoms with E-state index in [4.69, 9.17) is 0 Å². The molecular formula is C16H9F4NO2. The largest absolute Gasteiger partial charge is 0.268 e. The molecule has 1 heterocycles. The van der Waals surface area contributed by atoms with Crippen molar-refractivity contribution in [3.05, 3.63) is 70.3 Å². The van der Waals surface area contributed by atoms with Gasteiger partial charge in [-0.2, -0.15) is 0 Å². The topological polar surface area (TPSA) is 37.4 Å². The quantitative estimate of drug-likeness (QED) is 0.366. The first-order chi connectivity index (χ1) is 10.9. The van der Waals surface area contributed by atoms with Crippen LogP contribution in [0.5, 0.6) is 0 Å². The number of rotatable bonds is 2. The summed E-state index contributed by atoms with van der Waals surface area (Å²) in [7, 11) is 0. The first-order valence-corrected chi connectivity index (χ1v) is 6.65. The van der Waals surface area contributed by atoms with Gasteiger partial charge in [0.1, 0.15) is 0 Å². The molecule has 0 spiro atoms. The maximum absolute atomic E-state index is 13.8. The third-order valence-electron chi connectivity index (χ3n) is 3.80. The van der Waals surface area contributed by atoms with Crippen LogP contribution in [-0.2, 0) is 0 Å². The molecule has 0 radical (unpaired) electrons. The molecular weight excluding hydrogens is 314 g/mol. The van der Waals surface area contributed by atoms with Gasteiger partial charge in [-0.05, 0) is 12.5 Å². The molecule has 2 aromatic rings. The van der Waals surface area contributed by atoms with Gasteiger partial charge in [-0.3, -0.25) is 14.5 Å². The van der Waals surface area contributed by atoms with Crippen LogP contribution in [0.3, 0.4) is 0 Å². The van der Waals surface area contributed by atoms with E-state index in [0.717, 1.165) is 0 Å². The second kappa shape index (κ2) is 5.19. The van der Waals surface area contributed by atoms with Crippen LogP contribution in [-0.4, -0.2) is 16.7 Å². The first-order valence-electron chi connectivity index (χ1n) is 6.65. The molecule has 3 nitrogen and oxygen atoms in total. The highest BCUT2D eigenvalue weighted by Crippen LogP contribution is 2.35. The maximum Gasteiger partial charge on any atom is 0.265 e. The maximum atomic E-state index is 13.8. The van der Waals surface area contributed by atoms with Crippen molar-refractivity contribution in [3.63, 3.8) is 0 Å². The molecule has 0 saturated heterocycles. The highest BCUT2D eigenvalue weighted by atomic mass is 19.2. The molecule has 0 aromatic heterocycles. The number of hydrogen-bond donors (Lipinski definition) is 0. The predicted molar refractivity (Wildman–Crippen MR) is 71.6 cm³/mol. The van der Waals surface area contributed by atoms with Gasteiger partial charge in [0, 0.05) is 0 Å². The Labute approximate surface area is 128 Å². The molecule has 0 saturated carbocycles. The summed E-state index contributed by atoms with van der Waals surface area (Å²) in [6.45, 7) is 1.47. The summed E-state index contributed by atoms with van der Waals surface area (Å²) in [5, 5.41) is 0. The standard InChI is InChI=1S/C16H9F4NO2/c1-7(8-5-3-2-4-6-8)21-15(22)9-10(16(21)23)12(18)14(20)13(19)11(9)17/h2-7H,1H3/t7-/m1/s1. The summed E-state index contributed by atoms with van der Waals surface area (Å²) >= 11 is 0. The van der Waals surface area contributed by atoms with Crippen LogP contribution in [0, 0.1) is 23.3 Å². The van der Waals surface area contributed by atoms with Crippen LogP contribution >= 0.6 is 0 Å². The van der Waals surface area contributed by atoms with Crippen LogP contribution in [0.25, 0.3) is 0 Å². The molecule has 0 N–H and O–H groups in total. The van der Waals surface area contributed by atoms with Crippen LogP contribution in [0.2, 0.25) is 0 Å². The van der Waals surface area contributed by atoms with Crippen LogP contribution < -0.4 is 0 Å². The Bertz CT molecular complexity index is 789. The number of halogens is 4. The van der Waals surface area contributed by atoms with Crippen molar-refractivity contribution in [2.24, 2.45) is 0 Å². The van der Waals surface area contributed by atoms with Crippen molar-refractivity contribution in [3.8, 4) is 0 Å². The lowest BCUT2D eigenvalue weighted by Gasteiger charge is -2.22. The van der Waals surface area contributed by atoms with Gasteiger partial charge < -0.3 is 0 Å². The van der Waals surface area contributed by atoms with Gasteiger partial charge in [-0.1, -0.05) is 30.3 Å². The molecule has 3 rings (SSSR count). The van der Waals surface area contributed by atoms with Gasteiger partial charge in [-0.15, -0.1) is 0 Å². The van der Waals surface area contributed by atoms with Gasteiger partial charge in [0.05, 0.1) is 17.2 Å². The Morgan fingerprint density at radius 2 is 1.22 bits per heavy atom. The Hall–Kier alpha value is -2.70. The van der Waals surface area contributed by atoms with Crippen molar-refractivity contribution < 1.29 is 27.2 Å². The highest BCUT2D eigenvalue weighted by molar-refractivity contribution is 6.21. The SMILES string of the molecule is C[C@H](c1ccccc1)N1C(=O)c2c(F)c(F)c(F)c(F)c2C1=O. The van der Waals surface area contributed by atoms with E-state index in [2.05, 4.69) is 0 Å². The van der Waals surface area contributed by atoms with Crippen molar-refractivity contribution in [1.29, 1.82) is 0 Å². The zero-order valence-corrected chi connectivity index (χ0v) is 11.7. The number of hydrogen-bond acceptors (Lipinski definition) is 2. The molecule has 2 aromatic carbocycles. The highest BCUT2D eigenvalue weighted by Gasteiger charge is 2.45. The summed E-state index contributed by atoms with van der Waals surface area (Å²) in [6.07, 6.45) is 0. The van der Waals surface area contributed by atoms with Crippen LogP contribution in [0.4, 0.5) is 17.6 Å². The third-order valence-corrected chi connectivity index (χ3v) is 3.80. The zero-order valence-electron chi connectivity index (χ0n) is 11.7. The zero-order chi connectivity index (χ0) is 16.9. The number of nitrogens with zero attached hydrogens (tertiary/aromatic N) is 1. The average Bonchev–Trinajstić information content (AvgIpc) is 2.82. The minimum absolute atomic E-state index is 0.531. The Morgan fingerprint density at radius 1 is 0.783 bits per heavy atom. The Morgan fingerprint density at radius 3 is 1.65 bits per heavy atom. The summed E-state index contributed by atoms with van der Waals surface area (Å²) in [4.78, 5) is 25.1. The fraction of sp³-hybridized carbons (Fsp3) is 0.125. The predicted octanol–water partition coefficient (Wildman–Crippen LogP) is 3.60. The van der Waals surface area contributed by atoms with E-state index >= 15 is 0 Å². The lowest BCUT2D eigenvalue weighted by Crippen LogP contribution is -2.32.